The lowest BCUT2D eigenvalue weighted by molar-refractivity contribution is 0.287. The van der Waals surface area contributed by atoms with E-state index in [1.54, 1.807) is 28.9 Å². The van der Waals surface area contributed by atoms with Gasteiger partial charge in [-0.05, 0) is 38.1 Å². The molecular weight excluding hydrogens is 264 g/mol. The molecule has 0 aliphatic carbocycles. The van der Waals surface area contributed by atoms with E-state index in [2.05, 4.69) is 10.3 Å². The second-order valence-corrected chi connectivity index (χ2v) is 4.71. The summed E-state index contributed by atoms with van der Waals surface area (Å²) in [6.45, 7) is 4.19. The summed E-state index contributed by atoms with van der Waals surface area (Å²) < 4.78 is 7.32. The van der Waals surface area contributed by atoms with Crippen LogP contribution in [-0.4, -0.2) is 15.0 Å². The summed E-state index contributed by atoms with van der Waals surface area (Å²) in [4.78, 5) is 0. The van der Waals surface area contributed by atoms with Crippen molar-refractivity contribution >= 4 is 11.6 Å². The first-order valence-corrected chi connectivity index (χ1v) is 6.22. The quantitative estimate of drug-likeness (QED) is 0.861. The smallest absolute Gasteiger partial charge is 0.189 e. The van der Waals surface area contributed by atoms with Crippen LogP contribution in [0.3, 0.4) is 0 Å². The first-order valence-electron chi connectivity index (χ1n) is 5.84. The van der Waals surface area contributed by atoms with Gasteiger partial charge in [0, 0.05) is 11.1 Å². The molecule has 0 aliphatic rings. The van der Waals surface area contributed by atoms with Crippen LogP contribution in [0.25, 0.3) is 0 Å². The molecule has 0 aliphatic heterocycles. The van der Waals surface area contributed by atoms with Gasteiger partial charge in [-0.1, -0.05) is 16.8 Å². The lowest BCUT2D eigenvalue weighted by Gasteiger charge is -2.11. The highest BCUT2D eigenvalue weighted by Gasteiger charge is 2.15. The summed E-state index contributed by atoms with van der Waals surface area (Å²) in [5.74, 6) is 0.685. The Hall–Kier alpha value is -2.06. The molecule has 2 aromatic rings. The maximum Gasteiger partial charge on any atom is 0.189 e. The van der Waals surface area contributed by atoms with E-state index < -0.39 is 0 Å². The van der Waals surface area contributed by atoms with Crippen LogP contribution in [0.5, 0.6) is 5.75 Å². The number of nitriles is 1. The van der Waals surface area contributed by atoms with Gasteiger partial charge in [-0.15, -0.1) is 5.10 Å². The zero-order valence-electron chi connectivity index (χ0n) is 10.7. The van der Waals surface area contributed by atoms with Gasteiger partial charge in [0.1, 0.15) is 24.1 Å². The molecule has 0 saturated heterocycles. The van der Waals surface area contributed by atoms with E-state index >= 15 is 0 Å². The average Bonchev–Trinajstić information content (AvgIpc) is 2.81. The van der Waals surface area contributed by atoms with Crippen molar-refractivity contribution in [2.24, 2.45) is 0 Å². The summed E-state index contributed by atoms with van der Waals surface area (Å²) >= 11 is 5.80. The van der Waals surface area contributed by atoms with Gasteiger partial charge in [0.25, 0.3) is 0 Å². The third-order valence-corrected chi connectivity index (χ3v) is 2.83. The first-order chi connectivity index (χ1) is 9.11. The summed E-state index contributed by atoms with van der Waals surface area (Å²) in [6, 6.07) is 9.20. The fraction of sp³-hybridized carbons (Fsp3) is 0.308. The molecule has 0 bridgehead atoms. The Morgan fingerprint density at radius 2 is 2.05 bits per heavy atom. The first kappa shape index (κ1) is 13.4. The van der Waals surface area contributed by atoms with Crippen molar-refractivity contribution in [1.82, 2.24) is 15.0 Å². The minimum Gasteiger partial charge on any atom is -0.487 e. The molecule has 0 amide bonds. The van der Waals surface area contributed by atoms with Crippen LogP contribution in [0.2, 0.25) is 5.02 Å². The van der Waals surface area contributed by atoms with Crippen molar-refractivity contribution in [1.29, 1.82) is 5.26 Å². The van der Waals surface area contributed by atoms with Crippen molar-refractivity contribution in [3.63, 3.8) is 0 Å². The number of rotatable bonds is 4. The molecule has 0 N–H and O–H groups in total. The summed E-state index contributed by atoms with van der Waals surface area (Å²) in [6.07, 6.45) is 0. The monoisotopic (exact) mass is 276 g/mol. The molecule has 1 aromatic heterocycles. The molecule has 0 saturated carbocycles. The molecule has 0 atom stereocenters. The highest BCUT2D eigenvalue weighted by Crippen LogP contribution is 2.18. The predicted octanol–water partition coefficient (Wildman–Crippen LogP) is 2.96. The minimum absolute atomic E-state index is 0.124. The third-order valence-electron chi connectivity index (χ3n) is 2.58. The largest absolute Gasteiger partial charge is 0.487 e. The predicted molar refractivity (Wildman–Crippen MR) is 70.9 cm³/mol. The Morgan fingerprint density at radius 3 is 2.63 bits per heavy atom. The molecule has 2 rings (SSSR count). The van der Waals surface area contributed by atoms with Gasteiger partial charge < -0.3 is 4.74 Å². The van der Waals surface area contributed by atoms with E-state index in [1.807, 2.05) is 19.9 Å². The van der Waals surface area contributed by atoms with E-state index in [1.165, 1.54) is 0 Å². The second kappa shape index (κ2) is 5.72. The molecule has 1 heterocycles. The van der Waals surface area contributed by atoms with Crippen LogP contribution in [0.4, 0.5) is 0 Å². The number of benzene rings is 1. The Bertz CT molecular complexity index is 598. The molecule has 6 heteroatoms. The molecule has 98 valence electrons. The standard InChI is InChI=1S/C13H13ClN4O/c1-9(2)18-13(12(7-15)16-17-18)8-19-11-5-3-10(14)4-6-11/h3-6,9H,8H2,1-2H3. The maximum atomic E-state index is 9.01. The molecular formula is C13H13ClN4O. The van der Waals surface area contributed by atoms with Gasteiger partial charge in [0.2, 0.25) is 0 Å². The van der Waals surface area contributed by atoms with E-state index in [-0.39, 0.29) is 12.6 Å². The summed E-state index contributed by atoms with van der Waals surface area (Å²) in [5, 5.41) is 17.4. The van der Waals surface area contributed by atoms with Crippen LogP contribution >= 0.6 is 11.6 Å². The number of nitrogens with zero attached hydrogens (tertiary/aromatic N) is 4. The van der Waals surface area contributed by atoms with Crippen LogP contribution in [0.1, 0.15) is 31.3 Å². The van der Waals surface area contributed by atoms with Gasteiger partial charge >= 0.3 is 0 Å². The molecule has 1 aromatic carbocycles. The Morgan fingerprint density at radius 1 is 1.37 bits per heavy atom. The van der Waals surface area contributed by atoms with E-state index in [9.17, 15) is 0 Å². The average molecular weight is 277 g/mol. The molecule has 0 fully saturated rings. The lowest BCUT2D eigenvalue weighted by Crippen LogP contribution is -2.10. The van der Waals surface area contributed by atoms with Gasteiger partial charge in [0.05, 0.1) is 0 Å². The molecule has 5 nitrogen and oxygen atoms in total. The van der Waals surface area contributed by atoms with Gasteiger partial charge in [0.15, 0.2) is 5.69 Å². The number of halogens is 1. The van der Waals surface area contributed by atoms with Crippen molar-refractivity contribution < 1.29 is 4.74 Å². The van der Waals surface area contributed by atoms with Crippen molar-refractivity contribution in [2.75, 3.05) is 0 Å². The maximum absolute atomic E-state index is 9.01. The van der Waals surface area contributed by atoms with Crippen LogP contribution in [0, 0.1) is 11.3 Å². The molecule has 0 spiro atoms. The molecule has 19 heavy (non-hydrogen) atoms. The Labute approximate surface area is 116 Å². The fourth-order valence-corrected chi connectivity index (χ4v) is 1.76. The second-order valence-electron chi connectivity index (χ2n) is 4.28. The highest BCUT2D eigenvalue weighted by molar-refractivity contribution is 6.30. The van der Waals surface area contributed by atoms with Crippen LogP contribution in [0.15, 0.2) is 24.3 Å². The Balaban J connectivity index is 2.17. The van der Waals surface area contributed by atoms with Gasteiger partial charge in [-0.25, -0.2) is 4.68 Å². The number of hydrogen-bond acceptors (Lipinski definition) is 4. The van der Waals surface area contributed by atoms with Crippen molar-refractivity contribution in [3.8, 4) is 11.8 Å². The summed E-state index contributed by atoms with van der Waals surface area (Å²) in [5.41, 5.74) is 0.968. The minimum atomic E-state index is 0.124. The van der Waals surface area contributed by atoms with E-state index in [0.717, 1.165) is 0 Å². The van der Waals surface area contributed by atoms with Crippen LogP contribution in [-0.2, 0) is 6.61 Å². The summed E-state index contributed by atoms with van der Waals surface area (Å²) in [7, 11) is 0. The normalized spacial score (nSPS) is 10.5. The zero-order chi connectivity index (χ0) is 13.8. The molecule has 0 unspecified atom stereocenters. The zero-order valence-corrected chi connectivity index (χ0v) is 11.4. The highest BCUT2D eigenvalue weighted by atomic mass is 35.5. The number of hydrogen-bond donors (Lipinski definition) is 0. The lowest BCUT2D eigenvalue weighted by atomic mass is 10.3. The molecule has 0 radical (unpaired) electrons. The van der Waals surface area contributed by atoms with Crippen molar-refractivity contribution in [2.45, 2.75) is 26.5 Å². The van der Waals surface area contributed by atoms with Crippen LogP contribution < -0.4 is 4.74 Å². The van der Waals surface area contributed by atoms with E-state index in [4.69, 9.17) is 21.6 Å². The van der Waals surface area contributed by atoms with Crippen molar-refractivity contribution in [3.05, 3.63) is 40.7 Å². The number of ether oxygens (including phenoxy) is 1. The third kappa shape index (κ3) is 3.04. The van der Waals surface area contributed by atoms with Gasteiger partial charge in [-0.3, -0.25) is 0 Å². The number of aromatic nitrogens is 3. The SMILES string of the molecule is CC(C)n1nnc(C#N)c1COc1ccc(Cl)cc1. The topological polar surface area (TPSA) is 63.7 Å². The fourth-order valence-electron chi connectivity index (χ4n) is 1.63. The van der Waals surface area contributed by atoms with E-state index in [0.29, 0.717) is 22.2 Å². The Kier molecular flexibility index (Phi) is 4.03. The van der Waals surface area contributed by atoms with Gasteiger partial charge in [-0.2, -0.15) is 5.26 Å².